The van der Waals surface area contributed by atoms with Crippen LogP contribution in [0, 0.1) is 0 Å². The highest BCUT2D eigenvalue weighted by Crippen LogP contribution is 2.30. The zero-order valence-corrected chi connectivity index (χ0v) is 14.6. The van der Waals surface area contributed by atoms with Gasteiger partial charge in [-0.25, -0.2) is 5.48 Å². The molecule has 0 aliphatic heterocycles. The van der Waals surface area contributed by atoms with Crippen LogP contribution in [0.1, 0.15) is 22.5 Å². The van der Waals surface area contributed by atoms with Crippen molar-refractivity contribution < 1.29 is 18.8 Å². The maximum Gasteiger partial charge on any atom is 0.274 e. The number of ether oxygens (including phenoxy) is 1. The number of hydroxylamine groups is 1. The van der Waals surface area contributed by atoms with Crippen molar-refractivity contribution in [2.75, 3.05) is 13.7 Å². The third kappa shape index (κ3) is 4.52. The lowest BCUT2D eigenvalue weighted by Gasteiger charge is -2.11. The van der Waals surface area contributed by atoms with Crippen LogP contribution in [0.3, 0.4) is 0 Å². The number of carbonyl (C=O) groups excluding carboxylic acids is 1. The molecule has 1 N–H and O–H groups in total. The summed E-state index contributed by atoms with van der Waals surface area (Å²) < 4.78 is 10.7. The molecule has 0 saturated heterocycles. The minimum atomic E-state index is -0.289. The molecule has 0 bridgehead atoms. The lowest BCUT2D eigenvalue weighted by Crippen LogP contribution is -2.24. The van der Waals surface area contributed by atoms with Gasteiger partial charge in [-0.05, 0) is 42.3 Å². The van der Waals surface area contributed by atoms with E-state index < -0.39 is 0 Å². The Bertz CT molecular complexity index is 828. The normalized spacial score (nSPS) is 10.5. The van der Waals surface area contributed by atoms with Gasteiger partial charge in [-0.15, -0.1) is 0 Å². The minimum absolute atomic E-state index is 0.289. The monoisotopic (exact) mass is 351 g/mol. The number of methoxy groups -OCH3 is 1. The Hall–Kier alpha value is -3.05. The van der Waals surface area contributed by atoms with Crippen LogP contribution in [-0.2, 0) is 11.3 Å². The van der Waals surface area contributed by atoms with Crippen LogP contribution in [0.25, 0.3) is 11.1 Å². The molecule has 0 atom stereocenters. The van der Waals surface area contributed by atoms with E-state index in [1.54, 1.807) is 31.6 Å². The van der Waals surface area contributed by atoms with Gasteiger partial charge in [-0.1, -0.05) is 30.3 Å². The predicted octanol–water partition coefficient (Wildman–Crippen LogP) is 4.25. The van der Waals surface area contributed by atoms with E-state index in [2.05, 4.69) is 5.48 Å². The van der Waals surface area contributed by atoms with Gasteiger partial charge < -0.3 is 9.15 Å². The Kier molecular flexibility index (Phi) is 6.06. The Morgan fingerprint density at radius 2 is 1.92 bits per heavy atom. The van der Waals surface area contributed by atoms with Crippen LogP contribution < -0.4 is 10.2 Å². The van der Waals surface area contributed by atoms with Crippen molar-refractivity contribution in [2.24, 2.45) is 0 Å². The van der Waals surface area contributed by atoms with Gasteiger partial charge in [0.2, 0.25) is 0 Å². The third-order valence-corrected chi connectivity index (χ3v) is 3.96. The summed E-state index contributed by atoms with van der Waals surface area (Å²) in [5, 5.41) is 0. The summed E-state index contributed by atoms with van der Waals surface area (Å²) >= 11 is 0. The van der Waals surface area contributed by atoms with E-state index in [0.717, 1.165) is 29.7 Å². The Morgan fingerprint density at radius 1 is 1.08 bits per heavy atom. The smallest absolute Gasteiger partial charge is 0.274 e. The SMILES string of the molecule is COc1ccc(C(=O)NOCCCc2ccco2)cc1-c1ccccc1. The van der Waals surface area contributed by atoms with Gasteiger partial charge in [0.25, 0.3) is 5.91 Å². The van der Waals surface area contributed by atoms with Crippen molar-refractivity contribution in [1.82, 2.24) is 5.48 Å². The highest BCUT2D eigenvalue weighted by Gasteiger charge is 2.11. The van der Waals surface area contributed by atoms with Gasteiger partial charge in [0.05, 0.1) is 20.0 Å². The summed E-state index contributed by atoms with van der Waals surface area (Å²) in [5.74, 6) is 1.33. The average Bonchev–Trinajstić information content (AvgIpc) is 3.21. The molecule has 0 aliphatic rings. The van der Waals surface area contributed by atoms with Crippen LogP contribution in [0.5, 0.6) is 5.75 Å². The summed E-state index contributed by atoms with van der Waals surface area (Å²) in [6, 6.07) is 18.9. The first-order chi connectivity index (χ1) is 12.8. The number of rotatable bonds is 8. The molecule has 134 valence electrons. The number of furan rings is 1. The fourth-order valence-electron chi connectivity index (χ4n) is 2.64. The van der Waals surface area contributed by atoms with Crippen LogP contribution >= 0.6 is 0 Å². The number of amides is 1. The molecule has 0 fully saturated rings. The van der Waals surface area contributed by atoms with Gasteiger partial charge in [0.1, 0.15) is 11.5 Å². The van der Waals surface area contributed by atoms with Gasteiger partial charge >= 0.3 is 0 Å². The van der Waals surface area contributed by atoms with E-state index in [-0.39, 0.29) is 5.91 Å². The summed E-state index contributed by atoms with van der Waals surface area (Å²) in [4.78, 5) is 17.6. The summed E-state index contributed by atoms with van der Waals surface area (Å²) in [6.07, 6.45) is 3.17. The molecule has 0 saturated carbocycles. The maximum atomic E-state index is 12.3. The summed E-state index contributed by atoms with van der Waals surface area (Å²) in [7, 11) is 1.61. The molecular formula is C21H21NO4. The van der Waals surface area contributed by atoms with Gasteiger partial charge in [0.15, 0.2) is 0 Å². The second-order valence-corrected chi connectivity index (χ2v) is 5.74. The van der Waals surface area contributed by atoms with Crippen LogP contribution in [-0.4, -0.2) is 19.6 Å². The second kappa shape index (κ2) is 8.87. The van der Waals surface area contributed by atoms with Gasteiger partial charge in [-0.2, -0.15) is 0 Å². The Morgan fingerprint density at radius 3 is 2.65 bits per heavy atom. The molecule has 5 nitrogen and oxygen atoms in total. The fraction of sp³-hybridized carbons (Fsp3) is 0.190. The van der Waals surface area contributed by atoms with E-state index in [1.807, 2.05) is 42.5 Å². The van der Waals surface area contributed by atoms with E-state index in [0.29, 0.717) is 17.9 Å². The molecule has 0 aliphatic carbocycles. The van der Waals surface area contributed by atoms with Crippen LogP contribution in [0.15, 0.2) is 71.3 Å². The Balaban J connectivity index is 1.58. The number of nitrogens with one attached hydrogen (secondary N) is 1. The molecule has 3 rings (SSSR count). The number of carbonyl (C=O) groups is 1. The average molecular weight is 351 g/mol. The lowest BCUT2D eigenvalue weighted by molar-refractivity contribution is 0.0301. The topological polar surface area (TPSA) is 60.7 Å². The largest absolute Gasteiger partial charge is 0.496 e. The standard InChI is InChI=1S/C21H21NO4/c1-24-20-12-11-17(15-19(20)16-7-3-2-4-8-16)21(23)22-26-14-6-10-18-9-5-13-25-18/h2-5,7-9,11-13,15H,6,10,14H2,1H3,(H,22,23). The van der Waals surface area contributed by atoms with Crippen molar-refractivity contribution in [3.8, 4) is 16.9 Å². The van der Waals surface area contributed by atoms with E-state index in [9.17, 15) is 4.79 Å². The molecule has 0 spiro atoms. The quantitative estimate of drug-likeness (QED) is 0.487. The van der Waals surface area contributed by atoms with Crippen molar-refractivity contribution in [1.29, 1.82) is 0 Å². The minimum Gasteiger partial charge on any atom is -0.496 e. The number of hydrogen-bond donors (Lipinski definition) is 1. The molecular weight excluding hydrogens is 330 g/mol. The zero-order chi connectivity index (χ0) is 18.2. The van der Waals surface area contributed by atoms with E-state index in [4.69, 9.17) is 14.0 Å². The second-order valence-electron chi connectivity index (χ2n) is 5.74. The van der Waals surface area contributed by atoms with Crippen molar-refractivity contribution >= 4 is 5.91 Å². The van der Waals surface area contributed by atoms with E-state index in [1.165, 1.54) is 0 Å². The van der Waals surface area contributed by atoms with E-state index >= 15 is 0 Å². The Labute approximate surface area is 152 Å². The van der Waals surface area contributed by atoms with Gasteiger partial charge in [0, 0.05) is 17.5 Å². The highest BCUT2D eigenvalue weighted by atomic mass is 16.6. The first-order valence-electron chi connectivity index (χ1n) is 8.46. The molecule has 0 unspecified atom stereocenters. The molecule has 3 aromatic rings. The molecule has 1 amide bonds. The number of aryl methyl sites for hydroxylation is 1. The highest BCUT2D eigenvalue weighted by molar-refractivity contribution is 5.95. The molecule has 2 aromatic carbocycles. The molecule has 1 aromatic heterocycles. The number of hydrogen-bond acceptors (Lipinski definition) is 4. The van der Waals surface area contributed by atoms with Crippen molar-refractivity contribution in [3.05, 3.63) is 78.3 Å². The van der Waals surface area contributed by atoms with Gasteiger partial charge in [-0.3, -0.25) is 9.63 Å². The maximum absolute atomic E-state index is 12.3. The molecule has 5 heteroatoms. The van der Waals surface area contributed by atoms with Crippen molar-refractivity contribution in [2.45, 2.75) is 12.8 Å². The molecule has 1 heterocycles. The summed E-state index contributed by atoms with van der Waals surface area (Å²) in [5.41, 5.74) is 4.84. The first kappa shape index (κ1) is 17.8. The third-order valence-electron chi connectivity index (χ3n) is 3.96. The van der Waals surface area contributed by atoms with Crippen LogP contribution in [0.4, 0.5) is 0 Å². The number of benzene rings is 2. The van der Waals surface area contributed by atoms with Crippen molar-refractivity contribution in [3.63, 3.8) is 0 Å². The summed E-state index contributed by atoms with van der Waals surface area (Å²) in [6.45, 7) is 0.411. The fourth-order valence-corrected chi connectivity index (χ4v) is 2.64. The first-order valence-corrected chi connectivity index (χ1v) is 8.46. The van der Waals surface area contributed by atoms with Crippen LogP contribution in [0.2, 0.25) is 0 Å². The molecule has 0 radical (unpaired) electrons. The zero-order valence-electron chi connectivity index (χ0n) is 14.6. The lowest BCUT2D eigenvalue weighted by atomic mass is 10.0. The molecule has 26 heavy (non-hydrogen) atoms. The predicted molar refractivity (Wildman–Crippen MR) is 98.9 cm³/mol.